The number of aromatic nitrogens is 2. The van der Waals surface area contributed by atoms with Crippen molar-refractivity contribution in [3.05, 3.63) is 69.9 Å². The van der Waals surface area contributed by atoms with E-state index in [1.807, 2.05) is 31.2 Å². The second-order valence-electron chi connectivity index (χ2n) is 7.29. The highest BCUT2D eigenvalue weighted by Crippen LogP contribution is 2.18. The second kappa shape index (κ2) is 10.7. The molecule has 0 spiro atoms. The van der Waals surface area contributed by atoms with Crippen LogP contribution in [0.25, 0.3) is 11.0 Å². The van der Waals surface area contributed by atoms with Crippen molar-refractivity contribution in [3.63, 3.8) is 0 Å². The molecule has 0 aliphatic rings. The van der Waals surface area contributed by atoms with Crippen LogP contribution >= 0.6 is 0 Å². The minimum atomic E-state index is -0.675. The minimum absolute atomic E-state index is 0.0195. The van der Waals surface area contributed by atoms with E-state index in [4.69, 9.17) is 9.47 Å². The fraction of sp³-hybridized carbons (Fsp3) is 0.333. The van der Waals surface area contributed by atoms with Gasteiger partial charge >= 0.3 is 5.97 Å². The SMILES string of the molecule is CCCCn1c(=O)c(CCC(=O)OCC(=O)c2ccc(OC)c(F)c2)nc2ccccc21. The molecule has 0 radical (unpaired) electrons. The van der Waals surface area contributed by atoms with Gasteiger partial charge < -0.3 is 14.0 Å². The topological polar surface area (TPSA) is 87.5 Å². The molecule has 0 N–H and O–H groups in total. The Balaban J connectivity index is 1.64. The van der Waals surface area contributed by atoms with Gasteiger partial charge in [-0.2, -0.15) is 0 Å². The van der Waals surface area contributed by atoms with Crippen molar-refractivity contribution in [2.45, 2.75) is 39.2 Å². The average molecular weight is 440 g/mol. The fourth-order valence-corrected chi connectivity index (χ4v) is 3.31. The fourth-order valence-electron chi connectivity index (χ4n) is 3.31. The number of hydrogen-bond donors (Lipinski definition) is 0. The van der Waals surface area contributed by atoms with Crippen LogP contribution in [-0.2, 0) is 22.5 Å². The number of nitrogens with zero attached hydrogens (tertiary/aromatic N) is 2. The van der Waals surface area contributed by atoms with Crippen LogP contribution in [0.5, 0.6) is 5.75 Å². The average Bonchev–Trinajstić information content (AvgIpc) is 2.80. The number of para-hydroxylation sites is 2. The van der Waals surface area contributed by atoms with Gasteiger partial charge in [0.2, 0.25) is 0 Å². The summed E-state index contributed by atoms with van der Waals surface area (Å²) in [7, 11) is 1.32. The number of methoxy groups -OCH3 is 1. The number of fused-ring (bicyclic) bond motifs is 1. The Morgan fingerprint density at radius 3 is 2.66 bits per heavy atom. The Bertz CT molecular complexity index is 1190. The number of unbranched alkanes of at least 4 members (excludes halogenated alkanes) is 1. The van der Waals surface area contributed by atoms with Crippen molar-refractivity contribution in [2.75, 3.05) is 13.7 Å². The Morgan fingerprint density at radius 2 is 1.94 bits per heavy atom. The monoisotopic (exact) mass is 440 g/mol. The third kappa shape index (κ3) is 5.38. The van der Waals surface area contributed by atoms with Crippen LogP contribution < -0.4 is 10.3 Å². The first-order valence-corrected chi connectivity index (χ1v) is 10.5. The van der Waals surface area contributed by atoms with Crippen LogP contribution in [0.3, 0.4) is 0 Å². The highest BCUT2D eigenvalue weighted by atomic mass is 19.1. The maximum Gasteiger partial charge on any atom is 0.306 e. The summed E-state index contributed by atoms with van der Waals surface area (Å²) in [5.41, 5.74) is 1.57. The molecule has 7 nitrogen and oxygen atoms in total. The quantitative estimate of drug-likeness (QED) is 0.353. The van der Waals surface area contributed by atoms with Crippen molar-refractivity contribution in [3.8, 4) is 5.75 Å². The molecule has 0 aliphatic heterocycles. The molecule has 0 aliphatic carbocycles. The molecule has 2 aromatic carbocycles. The lowest BCUT2D eigenvalue weighted by molar-refractivity contribution is -0.142. The predicted octanol–water partition coefficient (Wildman–Crippen LogP) is 3.70. The number of ketones is 1. The summed E-state index contributed by atoms with van der Waals surface area (Å²) in [6, 6.07) is 11.1. The maximum atomic E-state index is 13.8. The van der Waals surface area contributed by atoms with Crippen LogP contribution in [0.1, 0.15) is 42.2 Å². The summed E-state index contributed by atoms with van der Waals surface area (Å²) in [6.07, 6.45) is 1.79. The standard InChI is InChI=1S/C24H25FN2O5/c1-3-4-13-27-20-8-6-5-7-18(20)26-19(24(27)30)10-12-23(29)32-15-21(28)16-9-11-22(31-2)17(25)14-16/h5-9,11,14H,3-4,10,12-13,15H2,1-2H3. The van der Waals surface area contributed by atoms with E-state index in [-0.39, 0.29) is 35.4 Å². The number of aryl methyl sites for hydroxylation is 2. The van der Waals surface area contributed by atoms with E-state index in [0.29, 0.717) is 12.1 Å². The molecule has 0 saturated carbocycles. The molecule has 3 rings (SSSR count). The van der Waals surface area contributed by atoms with Gasteiger partial charge in [0.05, 0.1) is 24.6 Å². The summed E-state index contributed by atoms with van der Waals surface area (Å²) < 4.78 is 25.3. The number of hydrogen-bond acceptors (Lipinski definition) is 6. The normalized spacial score (nSPS) is 10.8. The van der Waals surface area contributed by atoms with E-state index >= 15 is 0 Å². The summed E-state index contributed by atoms with van der Waals surface area (Å²) in [5, 5.41) is 0. The minimum Gasteiger partial charge on any atom is -0.494 e. The van der Waals surface area contributed by atoms with E-state index in [9.17, 15) is 18.8 Å². The first-order valence-electron chi connectivity index (χ1n) is 10.5. The predicted molar refractivity (Wildman–Crippen MR) is 117 cm³/mol. The van der Waals surface area contributed by atoms with Crippen LogP contribution in [0.4, 0.5) is 4.39 Å². The van der Waals surface area contributed by atoms with Gasteiger partial charge in [-0.3, -0.25) is 14.4 Å². The highest BCUT2D eigenvalue weighted by Gasteiger charge is 2.15. The molecule has 0 unspecified atom stereocenters. The van der Waals surface area contributed by atoms with Crippen LogP contribution in [-0.4, -0.2) is 35.0 Å². The van der Waals surface area contributed by atoms with Gasteiger partial charge in [-0.1, -0.05) is 25.5 Å². The van der Waals surface area contributed by atoms with Gasteiger partial charge in [0, 0.05) is 18.5 Å². The molecule has 0 atom stereocenters. The molecule has 0 saturated heterocycles. The zero-order valence-electron chi connectivity index (χ0n) is 18.1. The number of halogens is 1. The van der Waals surface area contributed by atoms with Crippen molar-refractivity contribution in [2.24, 2.45) is 0 Å². The molecule has 1 aromatic heterocycles. The molecule has 0 fully saturated rings. The Morgan fingerprint density at radius 1 is 1.16 bits per heavy atom. The first-order chi connectivity index (χ1) is 15.4. The van der Waals surface area contributed by atoms with Crippen LogP contribution in [0.15, 0.2) is 47.3 Å². The summed E-state index contributed by atoms with van der Waals surface area (Å²) in [5.74, 6) is -1.83. The van der Waals surface area contributed by atoms with Gasteiger partial charge in [0.1, 0.15) is 5.69 Å². The number of carbonyl (C=O) groups is 2. The molecule has 0 bridgehead atoms. The highest BCUT2D eigenvalue weighted by molar-refractivity contribution is 5.98. The summed E-state index contributed by atoms with van der Waals surface area (Å²) in [6.45, 7) is 2.10. The third-order valence-electron chi connectivity index (χ3n) is 5.06. The lowest BCUT2D eigenvalue weighted by atomic mass is 10.1. The molecular weight excluding hydrogens is 415 g/mol. The number of benzene rings is 2. The Kier molecular flexibility index (Phi) is 7.70. The van der Waals surface area contributed by atoms with Crippen molar-refractivity contribution >= 4 is 22.8 Å². The van der Waals surface area contributed by atoms with Gasteiger partial charge in [0.15, 0.2) is 24.0 Å². The van der Waals surface area contributed by atoms with Gasteiger partial charge in [-0.15, -0.1) is 0 Å². The lowest BCUT2D eigenvalue weighted by Crippen LogP contribution is -2.26. The molecule has 168 valence electrons. The molecule has 8 heteroatoms. The van der Waals surface area contributed by atoms with E-state index in [0.717, 1.165) is 24.4 Å². The largest absolute Gasteiger partial charge is 0.494 e. The molecular formula is C24H25FN2O5. The number of carbonyl (C=O) groups excluding carboxylic acids is 2. The van der Waals surface area contributed by atoms with Crippen LogP contribution in [0.2, 0.25) is 0 Å². The number of ether oxygens (including phenoxy) is 2. The number of Topliss-reactive ketones (excluding diaryl/α,β-unsaturated/α-hetero) is 1. The van der Waals surface area contributed by atoms with E-state index in [1.165, 1.54) is 19.2 Å². The number of rotatable bonds is 10. The lowest BCUT2D eigenvalue weighted by Gasteiger charge is -2.12. The zero-order valence-corrected chi connectivity index (χ0v) is 18.1. The zero-order chi connectivity index (χ0) is 23.1. The van der Waals surface area contributed by atoms with Gasteiger partial charge in [0.25, 0.3) is 5.56 Å². The number of esters is 1. The first kappa shape index (κ1) is 23.1. The van der Waals surface area contributed by atoms with Crippen molar-refractivity contribution in [1.29, 1.82) is 0 Å². The molecule has 0 amide bonds. The second-order valence-corrected chi connectivity index (χ2v) is 7.29. The molecule has 3 aromatic rings. The molecule has 1 heterocycles. The Labute approximate surface area is 184 Å². The third-order valence-corrected chi connectivity index (χ3v) is 5.06. The summed E-state index contributed by atoms with van der Waals surface area (Å²) in [4.78, 5) is 41.6. The molecule has 32 heavy (non-hydrogen) atoms. The Hall–Kier alpha value is -3.55. The van der Waals surface area contributed by atoms with Crippen molar-refractivity contribution in [1.82, 2.24) is 9.55 Å². The van der Waals surface area contributed by atoms with E-state index < -0.39 is 24.2 Å². The smallest absolute Gasteiger partial charge is 0.306 e. The van der Waals surface area contributed by atoms with E-state index in [2.05, 4.69) is 4.98 Å². The van der Waals surface area contributed by atoms with Crippen molar-refractivity contribution < 1.29 is 23.5 Å². The maximum absolute atomic E-state index is 13.8. The van der Waals surface area contributed by atoms with Gasteiger partial charge in [-0.05, 0) is 36.8 Å². The van der Waals surface area contributed by atoms with Gasteiger partial charge in [-0.25, -0.2) is 9.37 Å². The van der Waals surface area contributed by atoms with E-state index in [1.54, 1.807) is 4.57 Å². The summed E-state index contributed by atoms with van der Waals surface area (Å²) >= 11 is 0. The van der Waals surface area contributed by atoms with Crippen LogP contribution in [0, 0.1) is 5.82 Å².